The van der Waals surface area contributed by atoms with Crippen LogP contribution in [0.4, 0.5) is 10.1 Å². The summed E-state index contributed by atoms with van der Waals surface area (Å²) in [6.45, 7) is 0. The zero-order valence-corrected chi connectivity index (χ0v) is 11.1. The fourth-order valence-electron chi connectivity index (χ4n) is 2.03. The predicted octanol–water partition coefficient (Wildman–Crippen LogP) is 3.64. The second-order valence-corrected chi connectivity index (χ2v) is 4.57. The van der Waals surface area contributed by atoms with Gasteiger partial charge in [-0.2, -0.15) is 0 Å². The maximum Gasteiger partial charge on any atom is 0.295 e. The normalized spacial score (nSPS) is 11.3. The molecule has 1 aromatic heterocycles. The van der Waals surface area contributed by atoms with Crippen molar-refractivity contribution in [2.75, 3.05) is 0 Å². The number of hydrogen-bond donors (Lipinski definition) is 3. The van der Waals surface area contributed by atoms with Gasteiger partial charge in [0, 0.05) is 10.9 Å². The molecule has 0 spiro atoms. The van der Waals surface area contributed by atoms with Gasteiger partial charge in [-0.25, -0.2) is 4.39 Å². The minimum atomic E-state index is -0.693. The van der Waals surface area contributed by atoms with Gasteiger partial charge >= 0.3 is 0 Å². The van der Waals surface area contributed by atoms with E-state index >= 15 is 0 Å². The molecule has 0 saturated carbocycles. The number of azo groups is 1. The number of nitrogens with zero attached hydrogens (tertiary/aromatic N) is 2. The quantitative estimate of drug-likeness (QED) is 0.630. The molecule has 0 bridgehead atoms. The highest BCUT2D eigenvalue weighted by Crippen LogP contribution is 2.35. The van der Waals surface area contributed by atoms with Crippen LogP contribution < -0.4 is 0 Å². The zero-order valence-electron chi connectivity index (χ0n) is 11.1. The first-order chi connectivity index (χ1) is 10.5. The Morgan fingerprint density at radius 1 is 1.14 bits per heavy atom. The molecule has 1 heterocycles. The summed E-state index contributed by atoms with van der Waals surface area (Å²) in [5.41, 5.74) is 0.593. The van der Waals surface area contributed by atoms with Crippen LogP contribution in [0, 0.1) is 5.82 Å². The third-order valence-electron chi connectivity index (χ3n) is 3.05. The van der Waals surface area contributed by atoms with E-state index in [0.717, 1.165) is 0 Å². The largest absolute Gasteiger partial charge is 0.508 e. The van der Waals surface area contributed by atoms with E-state index in [1.165, 1.54) is 42.5 Å². The molecule has 0 fully saturated rings. The van der Waals surface area contributed by atoms with E-state index in [9.17, 15) is 19.4 Å². The van der Waals surface area contributed by atoms with Crippen LogP contribution >= 0.6 is 0 Å². The van der Waals surface area contributed by atoms with E-state index in [1.54, 1.807) is 0 Å². The summed E-state index contributed by atoms with van der Waals surface area (Å²) in [5.74, 6) is -1.57. The minimum absolute atomic E-state index is 0.0250. The predicted molar refractivity (Wildman–Crippen MR) is 76.9 cm³/mol. The second-order valence-electron chi connectivity index (χ2n) is 4.57. The Hall–Kier alpha value is -3.22. The van der Waals surface area contributed by atoms with E-state index in [-0.39, 0.29) is 22.9 Å². The Balaban J connectivity index is 1.97. The van der Waals surface area contributed by atoms with Gasteiger partial charge < -0.3 is 15.2 Å². The van der Waals surface area contributed by atoms with Gasteiger partial charge in [-0.1, -0.05) is 6.07 Å². The lowest BCUT2D eigenvalue weighted by Crippen LogP contribution is -1.92. The highest BCUT2D eigenvalue weighted by Gasteiger charge is 2.12. The molecule has 6 nitrogen and oxygen atoms in total. The standard InChI is InChI=1S/C15H10FN3O3/c16-9-4-5-12-11(7-9)13(15(22)17-12)18-19-14(21)8-2-1-3-10(20)6-8/h1-7,17,20,22H. The van der Waals surface area contributed by atoms with Gasteiger partial charge in [-0.3, -0.25) is 4.79 Å². The van der Waals surface area contributed by atoms with Gasteiger partial charge in [-0.15, -0.1) is 10.2 Å². The molecule has 7 heteroatoms. The van der Waals surface area contributed by atoms with Crippen molar-refractivity contribution in [2.45, 2.75) is 0 Å². The maximum atomic E-state index is 13.3. The Morgan fingerprint density at radius 3 is 2.73 bits per heavy atom. The number of nitrogens with one attached hydrogen (secondary N) is 1. The van der Waals surface area contributed by atoms with Gasteiger partial charge in [0.1, 0.15) is 11.6 Å². The molecule has 0 aliphatic heterocycles. The Morgan fingerprint density at radius 2 is 1.95 bits per heavy atom. The van der Waals surface area contributed by atoms with Crippen LogP contribution in [0.3, 0.4) is 0 Å². The molecule has 1 amide bonds. The van der Waals surface area contributed by atoms with Crippen LogP contribution in [-0.4, -0.2) is 21.1 Å². The molecule has 3 aromatic rings. The van der Waals surface area contributed by atoms with Gasteiger partial charge in [-0.05, 0) is 36.4 Å². The lowest BCUT2D eigenvalue weighted by Gasteiger charge is -1.96. The first-order valence-electron chi connectivity index (χ1n) is 6.30. The average Bonchev–Trinajstić information content (AvgIpc) is 2.80. The van der Waals surface area contributed by atoms with Crippen LogP contribution in [0.1, 0.15) is 10.4 Å². The molecule has 0 atom stereocenters. The maximum absolute atomic E-state index is 13.3. The highest BCUT2D eigenvalue weighted by molar-refractivity contribution is 5.97. The topological polar surface area (TPSA) is 98.0 Å². The molecule has 3 N–H and O–H groups in total. The van der Waals surface area contributed by atoms with Crippen molar-refractivity contribution >= 4 is 22.5 Å². The molecule has 0 aliphatic rings. The lowest BCUT2D eigenvalue weighted by molar-refractivity contribution is 0.0994. The molecule has 0 aliphatic carbocycles. The van der Waals surface area contributed by atoms with E-state index in [0.29, 0.717) is 10.9 Å². The number of aromatic hydroxyl groups is 2. The van der Waals surface area contributed by atoms with Gasteiger partial charge in [0.2, 0.25) is 5.88 Å². The number of H-pyrrole nitrogens is 1. The van der Waals surface area contributed by atoms with Crippen LogP contribution in [-0.2, 0) is 0 Å². The molecule has 2 aromatic carbocycles. The molecule has 0 saturated heterocycles. The van der Waals surface area contributed by atoms with Crippen LogP contribution in [0.2, 0.25) is 0 Å². The van der Waals surface area contributed by atoms with E-state index in [1.807, 2.05) is 0 Å². The van der Waals surface area contributed by atoms with Crippen molar-refractivity contribution in [1.29, 1.82) is 0 Å². The number of halogens is 1. The van der Waals surface area contributed by atoms with Crippen molar-refractivity contribution in [3.63, 3.8) is 0 Å². The first-order valence-corrected chi connectivity index (χ1v) is 6.30. The molecule has 0 unspecified atom stereocenters. The van der Waals surface area contributed by atoms with Crippen molar-refractivity contribution < 1.29 is 19.4 Å². The second kappa shape index (κ2) is 5.28. The number of hydrogen-bond acceptors (Lipinski definition) is 4. The Bertz CT molecular complexity index is 902. The first kappa shape index (κ1) is 13.7. The van der Waals surface area contributed by atoms with Crippen molar-refractivity contribution in [2.24, 2.45) is 10.2 Å². The van der Waals surface area contributed by atoms with Crippen LogP contribution in [0.25, 0.3) is 10.9 Å². The fraction of sp³-hybridized carbons (Fsp3) is 0. The number of benzene rings is 2. The summed E-state index contributed by atoms with van der Waals surface area (Å²) in [7, 11) is 0. The Labute approximate surface area is 123 Å². The summed E-state index contributed by atoms with van der Waals surface area (Å²) in [4.78, 5) is 14.5. The highest BCUT2D eigenvalue weighted by atomic mass is 19.1. The summed E-state index contributed by atoms with van der Waals surface area (Å²) in [6, 6.07) is 9.49. The van der Waals surface area contributed by atoms with Crippen molar-refractivity contribution in [3.8, 4) is 11.6 Å². The molecule has 0 radical (unpaired) electrons. The smallest absolute Gasteiger partial charge is 0.295 e. The van der Waals surface area contributed by atoms with Crippen molar-refractivity contribution in [1.82, 2.24) is 4.98 Å². The van der Waals surface area contributed by atoms with Gasteiger partial charge in [0.05, 0.1) is 5.52 Å². The van der Waals surface area contributed by atoms with Gasteiger partial charge in [0.25, 0.3) is 5.91 Å². The number of phenolic OH excluding ortho intramolecular Hbond substituents is 1. The summed E-state index contributed by atoms with van der Waals surface area (Å²) in [5, 5.41) is 26.6. The summed E-state index contributed by atoms with van der Waals surface area (Å²) in [6.07, 6.45) is 0. The molecule has 22 heavy (non-hydrogen) atoms. The Kier molecular flexibility index (Phi) is 3.30. The van der Waals surface area contributed by atoms with Crippen LogP contribution in [0.15, 0.2) is 52.7 Å². The van der Waals surface area contributed by atoms with Crippen LogP contribution in [0.5, 0.6) is 11.6 Å². The number of amides is 1. The number of rotatable bonds is 2. The number of carbonyl (C=O) groups is 1. The monoisotopic (exact) mass is 299 g/mol. The number of phenols is 1. The zero-order chi connectivity index (χ0) is 15.7. The lowest BCUT2D eigenvalue weighted by atomic mass is 10.2. The molecule has 110 valence electrons. The van der Waals surface area contributed by atoms with Gasteiger partial charge in [0.15, 0.2) is 5.69 Å². The number of aromatic nitrogens is 1. The SMILES string of the molecule is O=C(N=Nc1c(O)[nH]c2ccc(F)cc12)c1cccc(O)c1. The fourth-order valence-corrected chi connectivity index (χ4v) is 2.03. The molecular weight excluding hydrogens is 289 g/mol. The number of fused-ring (bicyclic) bond motifs is 1. The third kappa shape index (κ3) is 2.51. The average molecular weight is 299 g/mol. The number of carbonyl (C=O) groups excluding carboxylic acids is 1. The van der Waals surface area contributed by atoms with E-state index < -0.39 is 11.7 Å². The molecule has 3 rings (SSSR count). The molecular formula is C15H10FN3O3. The van der Waals surface area contributed by atoms with E-state index in [4.69, 9.17) is 0 Å². The minimum Gasteiger partial charge on any atom is -0.508 e. The number of aromatic amines is 1. The van der Waals surface area contributed by atoms with Crippen molar-refractivity contribution in [3.05, 3.63) is 53.8 Å². The summed E-state index contributed by atoms with van der Waals surface area (Å²) >= 11 is 0. The van der Waals surface area contributed by atoms with E-state index in [2.05, 4.69) is 15.2 Å². The summed E-state index contributed by atoms with van der Waals surface area (Å²) < 4.78 is 13.3. The third-order valence-corrected chi connectivity index (χ3v) is 3.05.